The molecule has 0 atom stereocenters. The Morgan fingerprint density at radius 2 is 1.71 bits per heavy atom. The van der Waals surface area contributed by atoms with Crippen molar-refractivity contribution < 1.29 is 4.79 Å². The third-order valence-electron chi connectivity index (χ3n) is 6.06. The second-order valence-electron chi connectivity index (χ2n) is 7.36. The first kappa shape index (κ1) is 13.8. The van der Waals surface area contributed by atoms with Gasteiger partial charge in [0.1, 0.15) is 0 Å². The number of nitrogens with one attached hydrogen (secondary N) is 1. The molecular formula is C18H22BrNO. The van der Waals surface area contributed by atoms with Crippen LogP contribution in [0.5, 0.6) is 0 Å². The highest BCUT2D eigenvalue weighted by atomic mass is 79.9. The van der Waals surface area contributed by atoms with E-state index in [9.17, 15) is 4.79 Å². The minimum absolute atomic E-state index is 0.260. The largest absolute Gasteiger partial charge is 0.326 e. The van der Waals surface area contributed by atoms with Crippen molar-refractivity contribution in [3.63, 3.8) is 0 Å². The molecule has 2 nitrogen and oxygen atoms in total. The van der Waals surface area contributed by atoms with E-state index in [4.69, 9.17) is 0 Å². The number of benzene rings is 1. The summed E-state index contributed by atoms with van der Waals surface area (Å²) in [6.07, 6.45) is 6.61. The van der Waals surface area contributed by atoms with Gasteiger partial charge in [0.25, 0.3) is 0 Å². The fraction of sp³-hybridized carbons (Fsp3) is 0.611. The van der Waals surface area contributed by atoms with Crippen molar-refractivity contribution in [2.45, 2.75) is 39.0 Å². The Kier molecular flexibility index (Phi) is 3.36. The number of amides is 1. The number of rotatable bonds is 2. The van der Waals surface area contributed by atoms with E-state index >= 15 is 0 Å². The van der Waals surface area contributed by atoms with Crippen LogP contribution in [0.4, 0.5) is 5.69 Å². The van der Waals surface area contributed by atoms with Crippen LogP contribution < -0.4 is 5.32 Å². The van der Waals surface area contributed by atoms with E-state index in [-0.39, 0.29) is 11.8 Å². The standard InChI is InChI=1S/C18H22BrNO/c1-10-15(19)3-2-4-16(10)20-18(21)17-13-6-11-5-12(8-13)9-14(17)7-11/h2-4,11-14,17H,5-9H2,1H3,(H,20,21). The predicted molar refractivity (Wildman–Crippen MR) is 88.0 cm³/mol. The summed E-state index contributed by atoms with van der Waals surface area (Å²) in [6, 6.07) is 6.02. The van der Waals surface area contributed by atoms with Crippen molar-refractivity contribution in [3.05, 3.63) is 28.2 Å². The zero-order valence-corrected chi connectivity index (χ0v) is 14.0. The first-order chi connectivity index (χ1) is 10.1. The first-order valence-electron chi connectivity index (χ1n) is 8.17. The third-order valence-corrected chi connectivity index (χ3v) is 6.91. The molecule has 1 amide bonds. The van der Waals surface area contributed by atoms with E-state index in [0.717, 1.165) is 27.6 Å². The van der Waals surface area contributed by atoms with Gasteiger partial charge in [-0.2, -0.15) is 0 Å². The minimum Gasteiger partial charge on any atom is -0.326 e. The molecule has 0 spiro atoms. The molecule has 0 aromatic heterocycles. The van der Waals surface area contributed by atoms with Crippen LogP contribution in [0.2, 0.25) is 0 Å². The van der Waals surface area contributed by atoms with Gasteiger partial charge in [-0.3, -0.25) is 4.79 Å². The summed E-state index contributed by atoms with van der Waals surface area (Å²) in [4.78, 5) is 12.8. The minimum atomic E-state index is 0.260. The molecule has 1 aromatic carbocycles. The normalized spacial score (nSPS) is 36.8. The van der Waals surface area contributed by atoms with Gasteiger partial charge in [0, 0.05) is 16.1 Å². The van der Waals surface area contributed by atoms with E-state index in [1.807, 2.05) is 18.2 Å². The predicted octanol–water partition coefficient (Wildman–Crippen LogP) is 4.77. The van der Waals surface area contributed by atoms with Crippen LogP contribution in [0.1, 0.15) is 37.7 Å². The van der Waals surface area contributed by atoms with Crippen LogP contribution in [0.25, 0.3) is 0 Å². The number of hydrogen-bond donors (Lipinski definition) is 1. The molecule has 3 heteroatoms. The van der Waals surface area contributed by atoms with Gasteiger partial charge in [-0.15, -0.1) is 0 Å². The van der Waals surface area contributed by atoms with Crippen molar-refractivity contribution in [3.8, 4) is 0 Å². The molecule has 4 fully saturated rings. The van der Waals surface area contributed by atoms with Gasteiger partial charge in [0.05, 0.1) is 0 Å². The Hall–Kier alpha value is -0.830. The highest BCUT2D eigenvalue weighted by molar-refractivity contribution is 9.10. The quantitative estimate of drug-likeness (QED) is 0.820. The first-order valence-corrected chi connectivity index (χ1v) is 8.97. The maximum absolute atomic E-state index is 12.8. The fourth-order valence-corrected chi connectivity index (χ4v) is 5.68. The van der Waals surface area contributed by atoms with Crippen molar-refractivity contribution in [2.24, 2.45) is 29.6 Å². The number of anilines is 1. The Morgan fingerprint density at radius 3 is 2.33 bits per heavy atom. The van der Waals surface area contributed by atoms with E-state index in [1.165, 1.54) is 32.1 Å². The van der Waals surface area contributed by atoms with E-state index in [2.05, 4.69) is 28.2 Å². The van der Waals surface area contributed by atoms with E-state index in [0.29, 0.717) is 11.8 Å². The van der Waals surface area contributed by atoms with Crippen molar-refractivity contribution in [2.75, 3.05) is 5.32 Å². The second-order valence-corrected chi connectivity index (χ2v) is 8.21. The van der Waals surface area contributed by atoms with Gasteiger partial charge >= 0.3 is 0 Å². The van der Waals surface area contributed by atoms with Crippen LogP contribution in [-0.2, 0) is 4.79 Å². The van der Waals surface area contributed by atoms with Gasteiger partial charge in [-0.05, 0) is 80.4 Å². The molecule has 1 N–H and O–H groups in total. The van der Waals surface area contributed by atoms with Crippen LogP contribution >= 0.6 is 15.9 Å². The molecule has 0 unspecified atom stereocenters. The number of carbonyl (C=O) groups is 1. The van der Waals surface area contributed by atoms with E-state index < -0.39 is 0 Å². The van der Waals surface area contributed by atoms with Gasteiger partial charge < -0.3 is 5.32 Å². The maximum Gasteiger partial charge on any atom is 0.228 e. The SMILES string of the molecule is Cc1c(Br)cccc1NC(=O)C1C2CC3CC(C2)CC1C3. The summed E-state index contributed by atoms with van der Waals surface area (Å²) < 4.78 is 1.06. The highest BCUT2D eigenvalue weighted by Gasteiger charge is 2.50. The summed E-state index contributed by atoms with van der Waals surface area (Å²) in [6.45, 7) is 2.05. The topological polar surface area (TPSA) is 29.1 Å². The Balaban J connectivity index is 1.54. The van der Waals surface area contributed by atoms with Crippen LogP contribution in [0.15, 0.2) is 22.7 Å². The average molecular weight is 348 g/mol. The Morgan fingerprint density at radius 1 is 1.10 bits per heavy atom. The second kappa shape index (κ2) is 5.12. The lowest BCUT2D eigenvalue weighted by molar-refractivity contribution is -0.132. The molecule has 4 saturated carbocycles. The summed E-state index contributed by atoms with van der Waals surface area (Å²) in [7, 11) is 0. The molecule has 0 aliphatic heterocycles. The fourth-order valence-electron chi connectivity index (χ4n) is 5.31. The van der Waals surface area contributed by atoms with Crippen molar-refractivity contribution in [1.82, 2.24) is 0 Å². The van der Waals surface area contributed by atoms with Crippen LogP contribution in [0, 0.1) is 36.5 Å². The van der Waals surface area contributed by atoms with Gasteiger partial charge in [0.2, 0.25) is 5.91 Å². The molecule has 4 aliphatic carbocycles. The Bertz CT molecular complexity index is 555. The lowest BCUT2D eigenvalue weighted by Crippen LogP contribution is -2.49. The molecule has 0 heterocycles. The molecule has 0 radical (unpaired) electrons. The zero-order chi connectivity index (χ0) is 14.6. The molecule has 1 aromatic rings. The molecule has 4 aliphatic rings. The average Bonchev–Trinajstić information content (AvgIpc) is 2.42. The molecular weight excluding hydrogens is 326 g/mol. The van der Waals surface area contributed by atoms with Gasteiger partial charge in [-0.1, -0.05) is 22.0 Å². The molecule has 21 heavy (non-hydrogen) atoms. The molecule has 112 valence electrons. The zero-order valence-electron chi connectivity index (χ0n) is 12.4. The van der Waals surface area contributed by atoms with Gasteiger partial charge in [-0.25, -0.2) is 0 Å². The lowest BCUT2D eigenvalue weighted by Gasteiger charge is -2.53. The van der Waals surface area contributed by atoms with Crippen LogP contribution in [-0.4, -0.2) is 5.91 Å². The van der Waals surface area contributed by atoms with Crippen LogP contribution in [0.3, 0.4) is 0 Å². The van der Waals surface area contributed by atoms with Crippen molar-refractivity contribution in [1.29, 1.82) is 0 Å². The summed E-state index contributed by atoms with van der Waals surface area (Å²) in [5, 5.41) is 3.21. The summed E-state index contributed by atoms with van der Waals surface area (Å²) >= 11 is 3.54. The monoisotopic (exact) mass is 347 g/mol. The molecule has 4 bridgehead atoms. The molecule has 0 saturated heterocycles. The smallest absolute Gasteiger partial charge is 0.228 e. The lowest BCUT2D eigenvalue weighted by atomic mass is 9.51. The molecule has 5 rings (SSSR count). The Labute approximate surface area is 134 Å². The summed E-state index contributed by atoms with van der Waals surface area (Å²) in [5.74, 6) is 3.66. The maximum atomic E-state index is 12.8. The van der Waals surface area contributed by atoms with Crippen molar-refractivity contribution >= 4 is 27.5 Å². The van der Waals surface area contributed by atoms with Gasteiger partial charge in [0.15, 0.2) is 0 Å². The number of hydrogen-bond acceptors (Lipinski definition) is 1. The number of carbonyl (C=O) groups excluding carboxylic acids is 1. The van der Waals surface area contributed by atoms with E-state index in [1.54, 1.807) is 0 Å². The number of halogens is 1. The highest BCUT2D eigenvalue weighted by Crippen LogP contribution is 2.56. The third kappa shape index (κ3) is 2.34. The summed E-state index contributed by atoms with van der Waals surface area (Å²) in [5.41, 5.74) is 2.08.